The van der Waals surface area contributed by atoms with Crippen molar-refractivity contribution in [3.63, 3.8) is 0 Å². The van der Waals surface area contributed by atoms with Gasteiger partial charge in [-0.05, 0) is 74.8 Å². The molecule has 9 heteroatoms. The molecule has 0 bridgehead atoms. The van der Waals surface area contributed by atoms with Gasteiger partial charge in [-0.3, -0.25) is 14.9 Å². The fourth-order valence-corrected chi connectivity index (χ4v) is 5.66. The van der Waals surface area contributed by atoms with Gasteiger partial charge in [0, 0.05) is 13.0 Å². The molecule has 180 valence electrons. The first-order valence-electron chi connectivity index (χ1n) is 11.1. The zero-order chi connectivity index (χ0) is 23.9. The Bertz CT molecular complexity index is 1020. The van der Waals surface area contributed by atoms with E-state index in [1.54, 1.807) is 24.3 Å². The summed E-state index contributed by atoms with van der Waals surface area (Å²) in [5.74, 6) is 0.181. The number of hydrogen-bond donors (Lipinski definition) is 2. The van der Waals surface area contributed by atoms with E-state index in [1.807, 2.05) is 0 Å². The molecule has 2 N–H and O–H groups in total. The van der Waals surface area contributed by atoms with Crippen LogP contribution in [0.4, 0.5) is 0 Å². The Balaban J connectivity index is 1.71. The van der Waals surface area contributed by atoms with E-state index in [2.05, 4.69) is 4.90 Å². The first-order valence-corrected chi connectivity index (χ1v) is 12.6. The summed E-state index contributed by atoms with van der Waals surface area (Å²) in [5, 5.41) is 9.28. The maximum absolute atomic E-state index is 13.4. The summed E-state index contributed by atoms with van der Waals surface area (Å²) >= 11 is 0. The number of methoxy groups -OCH3 is 1. The number of hydroxylamine groups is 1. The second-order valence-electron chi connectivity index (χ2n) is 8.42. The van der Waals surface area contributed by atoms with Crippen LogP contribution in [0, 0.1) is 0 Å². The Morgan fingerprint density at radius 2 is 1.64 bits per heavy atom. The number of nitrogens with one attached hydrogen (secondary N) is 1. The lowest BCUT2D eigenvalue weighted by Crippen LogP contribution is -2.51. The summed E-state index contributed by atoms with van der Waals surface area (Å²) in [6.45, 7) is 4.97. The standard InChI is InChI=1S/C24H32N2O6S/c1-24(23(27)25-28,33(29,30)22-12-10-20(31-2)11-13-22)18-19-6-8-21(9-7-19)32-17-16-26-14-4-3-5-15-26/h6-13,28H,3-5,14-18H2,1-2H3,(H,25,27). The number of ether oxygens (including phenoxy) is 2. The lowest BCUT2D eigenvalue weighted by Gasteiger charge is -2.27. The van der Waals surface area contributed by atoms with Gasteiger partial charge in [-0.15, -0.1) is 0 Å². The Hall–Kier alpha value is -2.62. The lowest BCUT2D eigenvalue weighted by atomic mass is 9.99. The van der Waals surface area contributed by atoms with E-state index in [4.69, 9.17) is 9.47 Å². The van der Waals surface area contributed by atoms with Gasteiger partial charge in [0.1, 0.15) is 18.1 Å². The highest BCUT2D eigenvalue weighted by molar-refractivity contribution is 7.93. The van der Waals surface area contributed by atoms with Gasteiger partial charge >= 0.3 is 0 Å². The van der Waals surface area contributed by atoms with E-state index in [9.17, 15) is 18.4 Å². The maximum Gasteiger partial charge on any atom is 0.265 e. The van der Waals surface area contributed by atoms with Crippen molar-refractivity contribution >= 4 is 15.7 Å². The topological polar surface area (TPSA) is 105 Å². The molecule has 0 aliphatic carbocycles. The molecule has 1 fully saturated rings. The van der Waals surface area contributed by atoms with Crippen molar-refractivity contribution in [2.45, 2.75) is 42.2 Å². The summed E-state index contributed by atoms with van der Waals surface area (Å²) in [7, 11) is -2.66. The molecule has 1 atom stereocenters. The molecule has 0 radical (unpaired) electrons. The monoisotopic (exact) mass is 476 g/mol. The first-order chi connectivity index (χ1) is 15.8. The molecule has 8 nitrogen and oxygen atoms in total. The molecule has 1 aliphatic heterocycles. The molecule has 1 amide bonds. The molecule has 0 spiro atoms. The molecule has 2 aromatic rings. The third-order valence-corrected chi connectivity index (χ3v) is 8.54. The van der Waals surface area contributed by atoms with Gasteiger partial charge in [0.2, 0.25) is 0 Å². The summed E-state index contributed by atoms with van der Waals surface area (Å²) in [5.41, 5.74) is 2.15. The van der Waals surface area contributed by atoms with Crippen molar-refractivity contribution in [3.05, 3.63) is 54.1 Å². The van der Waals surface area contributed by atoms with Gasteiger partial charge in [-0.2, -0.15) is 0 Å². The van der Waals surface area contributed by atoms with Crippen LogP contribution in [0.15, 0.2) is 53.4 Å². The molecular formula is C24H32N2O6S. The van der Waals surface area contributed by atoms with Crippen molar-refractivity contribution in [1.82, 2.24) is 10.4 Å². The van der Waals surface area contributed by atoms with Crippen LogP contribution in [0.2, 0.25) is 0 Å². The Morgan fingerprint density at radius 1 is 1.03 bits per heavy atom. The molecule has 1 unspecified atom stereocenters. The Labute approximate surface area is 195 Å². The third kappa shape index (κ3) is 5.85. The summed E-state index contributed by atoms with van der Waals surface area (Å²) in [4.78, 5) is 14.9. The van der Waals surface area contributed by atoms with E-state index in [-0.39, 0.29) is 11.3 Å². The van der Waals surface area contributed by atoms with E-state index < -0.39 is 20.5 Å². The highest BCUT2D eigenvalue weighted by Crippen LogP contribution is 2.31. The number of nitrogens with zero attached hydrogens (tertiary/aromatic N) is 1. The molecular weight excluding hydrogens is 444 g/mol. The van der Waals surface area contributed by atoms with Gasteiger partial charge in [0.15, 0.2) is 14.6 Å². The molecule has 2 aromatic carbocycles. The quantitative estimate of drug-likeness (QED) is 0.401. The first kappa shape index (κ1) is 25.0. The number of likely N-dealkylation sites (tertiary alicyclic amines) is 1. The Morgan fingerprint density at radius 3 is 2.21 bits per heavy atom. The zero-order valence-electron chi connectivity index (χ0n) is 19.1. The van der Waals surface area contributed by atoms with Crippen LogP contribution in [0.25, 0.3) is 0 Å². The Kier molecular flexibility index (Phi) is 8.34. The fourth-order valence-electron chi connectivity index (χ4n) is 4.00. The van der Waals surface area contributed by atoms with E-state index >= 15 is 0 Å². The number of carbonyl (C=O) groups is 1. The van der Waals surface area contributed by atoms with Gasteiger partial charge in [0.25, 0.3) is 5.91 Å². The van der Waals surface area contributed by atoms with Crippen molar-refractivity contribution in [2.24, 2.45) is 0 Å². The molecule has 3 rings (SSSR count). The van der Waals surface area contributed by atoms with Crippen LogP contribution in [0.1, 0.15) is 31.7 Å². The predicted octanol–water partition coefficient (Wildman–Crippen LogP) is 2.84. The number of carbonyl (C=O) groups excluding carboxylic acids is 1. The second kappa shape index (κ2) is 11.0. The smallest absolute Gasteiger partial charge is 0.265 e. The largest absolute Gasteiger partial charge is 0.497 e. The molecule has 0 saturated carbocycles. The number of benzene rings is 2. The van der Waals surface area contributed by atoms with Gasteiger partial charge in [0.05, 0.1) is 12.0 Å². The predicted molar refractivity (Wildman–Crippen MR) is 124 cm³/mol. The molecule has 1 aliphatic rings. The van der Waals surface area contributed by atoms with Crippen LogP contribution < -0.4 is 15.0 Å². The lowest BCUT2D eigenvalue weighted by molar-refractivity contribution is -0.131. The number of amides is 1. The average molecular weight is 477 g/mol. The van der Waals surface area contributed by atoms with Gasteiger partial charge < -0.3 is 9.47 Å². The maximum atomic E-state index is 13.4. The number of piperidine rings is 1. The second-order valence-corrected chi connectivity index (χ2v) is 10.8. The average Bonchev–Trinajstić information content (AvgIpc) is 2.85. The summed E-state index contributed by atoms with van der Waals surface area (Å²) in [6, 6.07) is 12.8. The minimum Gasteiger partial charge on any atom is -0.497 e. The number of hydrogen-bond acceptors (Lipinski definition) is 7. The van der Waals surface area contributed by atoms with Crippen LogP contribution in [-0.4, -0.2) is 62.5 Å². The number of rotatable bonds is 10. The van der Waals surface area contributed by atoms with Gasteiger partial charge in [-0.25, -0.2) is 13.9 Å². The number of sulfone groups is 1. The molecule has 0 aromatic heterocycles. The molecule has 1 heterocycles. The van der Waals surface area contributed by atoms with Crippen LogP contribution >= 0.6 is 0 Å². The summed E-state index contributed by atoms with van der Waals surface area (Å²) < 4.78 is 35.7. The SMILES string of the molecule is COc1ccc(S(=O)(=O)C(C)(Cc2ccc(OCCN3CCCCC3)cc2)C(=O)NO)cc1. The zero-order valence-corrected chi connectivity index (χ0v) is 19.9. The van der Waals surface area contributed by atoms with Crippen LogP contribution in [-0.2, 0) is 21.1 Å². The minimum atomic E-state index is -4.14. The van der Waals surface area contributed by atoms with Crippen molar-refractivity contribution in [2.75, 3.05) is 33.4 Å². The van der Waals surface area contributed by atoms with Crippen molar-refractivity contribution < 1.29 is 27.9 Å². The normalized spacial score (nSPS) is 16.6. The highest BCUT2D eigenvalue weighted by atomic mass is 32.2. The minimum absolute atomic E-state index is 0.0351. The van der Waals surface area contributed by atoms with Gasteiger partial charge in [-0.1, -0.05) is 18.6 Å². The highest BCUT2D eigenvalue weighted by Gasteiger charge is 2.47. The van der Waals surface area contributed by atoms with Crippen molar-refractivity contribution in [1.29, 1.82) is 0 Å². The van der Waals surface area contributed by atoms with E-state index in [0.717, 1.165) is 19.6 Å². The van der Waals surface area contributed by atoms with Crippen LogP contribution in [0.3, 0.4) is 0 Å². The van der Waals surface area contributed by atoms with E-state index in [0.29, 0.717) is 23.7 Å². The molecule has 33 heavy (non-hydrogen) atoms. The summed E-state index contributed by atoms with van der Waals surface area (Å²) in [6.07, 6.45) is 3.63. The van der Waals surface area contributed by atoms with E-state index in [1.165, 1.54) is 63.0 Å². The fraction of sp³-hybridized carbons (Fsp3) is 0.458. The molecule has 1 saturated heterocycles. The third-order valence-electron chi connectivity index (χ3n) is 6.13. The van der Waals surface area contributed by atoms with Crippen LogP contribution in [0.5, 0.6) is 11.5 Å². The van der Waals surface area contributed by atoms with Crippen molar-refractivity contribution in [3.8, 4) is 11.5 Å².